The molecule has 2 N–H and O–H groups in total. The second kappa shape index (κ2) is 8.41. The van der Waals surface area contributed by atoms with Crippen LogP contribution < -0.4 is 10.6 Å². The summed E-state index contributed by atoms with van der Waals surface area (Å²) in [6, 6.07) is 4.91. The number of thiophene rings is 1. The smallest absolute Gasteiger partial charge is 0.193 e. The van der Waals surface area contributed by atoms with Gasteiger partial charge < -0.3 is 10.6 Å². The van der Waals surface area contributed by atoms with Crippen LogP contribution in [0.25, 0.3) is 4.96 Å². The molecule has 3 aromatic heterocycles. The highest BCUT2D eigenvalue weighted by Crippen LogP contribution is 2.36. The molecule has 0 spiro atoms. The summed E-state index contributed by atoms with van der Waals surface area (Å²) in [5.74, 6) is 1.42. The van der Waals surface area contributed by atoms with Gasteiger partial charge in [-0.05, 0) is 43.8 Å². The van der Waals surface area contributed by atoms with E-state index in [9.17, 15) is 0 Å². The average Bonchev–Trinajstić information content (AvgIpc) is 3.39. The molecule has 6 nitrogen and oxygen atoms in total. The first kappa shape index (κ1) is 18.5. The van der Waals surface area contributed by atoms with E-state index in [4.69, 9.17) is 0 Å². The van der Waals surface area contributed by atoms with Gasteiger partial charge in [-0.1, -0.05) is 6.07 Å². The monoisotopic (exact) mass is 402 g/mol. The van der Waals surface area contributed by atoms with Gasteiger partial charge in [-0.15, -0.1) is 22.7 Å². The zero-order chi connectivity index (χ0) is 18.6. The van der Waals surface area contributed by atoms with Crippen molar-refractivity contribution >= 4 is 33.6 Å². The summed E-state index contributed by atoms with van der Waals surface area (Å²) in [6.07, 6.45) is 6.60. The number of likely N-dealkylation sites (tertiary alicyclic amines) is 1. The van der Waals surface area contributed by atoms with Crippen molar-refractivity contribution in [3.05, 3.63) is 45.9 Å². The third kappa shape index (κ3) is 4.17. The third-order valence-electron chi connectivity index (χ3n) is 5.18. The maximum Gasteiger partial charge on any atom is 0.193 e. The van der Waals surface area contributed by atoms with Gasteiger partial charge in [0.2, 0.25) is 0 Å². The molecule has 2 atom stereocenters. The van der Waals surface area contributed by atoms with Crippen LogP contribution in [0, 0.1) is 5.92 Å². The lowest BCUT2D eigenvalue weighted by molar-refractivity contribution is 0.125. The topological polar surface area (TPSA) is 57.0 Å². The van der Waals surface area contributed by atoms with Gasteiger partial charge in [0.15, 0.2) is 10.9 Å². The van der Waals surface area contributed by atoms with Gasteiger partial charge >= 0.3 is 0 Å². The van der Waals surface area contributed by atoms with Gasteiger partial charge in [0.05, 0.1) is 12.2 Å². The van der Waals surface area contributed by atoms with Crippen molar-refractivity contribution in [3.63, 3.8) is 0 Å². The first-order valence-electron chi connectivity index (χ1n) is 9.34. The minimum Gasteiger partial charge on any atom is -0.356 e. The van der Waals surface area contributed by atoms with Crippen molar-refractivity contribution < 1.29 is 0 Å². The second-order valence-electron chi connectivity index (χ2n) is 6.97. The number of nitrogens with zero attached hydrogens (tertiary/aromatic N) is 4. The quantitative estimate of drug-likeness (QED) is 0.508. The van der Waals surface area contributed by atoms with E-state index in [-0.39, 0.29) is 0 Å². The molecule has 0 saturated carbocycles. The number of nitrogens with one attached hydrogen (secondary N) is 2. The fourth-order valence-corrected chi connectivity index (χ4v) is 5.57. The van der Waals surface area contributed by atoms with E-state index in [2.05, 4.69) is 60.7 Å². The molecule has 27 heavy (non-hydrogen) atoms. The minimum atomic E-state index is 0.490. The molecular weight excluding hydrogens is 376 g/mol. The Kier molecular flexibility index (Phi) is 5.75. The zero-order valence-electron chi connectivity index (χ0n) is 15.8. The van der Waals surface area contributed by atoms with Gasteiger partial charge in [0.25, 0.3) is 0 Å². The van der Waals surface area contributed by atoms with E-state index in [1.165, 1.54) is 24.3 Å². The fourth-order valence-electron chi connectivity index (χ4n) is 3.87. The average molecular weight is 403 g/mol. The first-order valence-corrected chi connectivity index (χ1v) is 11.1. The van der Waals surface area contributed by atoms with E-state index in [0.29, 0.717) is 18.5 Å². The van der Waals surface area contributed by atoms with Crippen molar-refractivity contribution in [1.82, 2.24) is 24.9 Å². The van der Waals surface area contributed by atoms with Crippen LogP contribution in [0.1, 0.15) is 29.5 Å². The molecule has 4 heterocycles. The largest absolute Gasteiger partial charge is 0.356 e. The van der Waals surface area contributed by atoms with Crippen LogP contribution in [0.3, 0.4) is 0 Å². The molecule has 1 aliphatic heterocycles. The SMILES string of the molecule is CN=C(NCc1cn2ccsc2n1)NCC1CCCN(C)C1c1cccs1. The van der Waals surface area contributed by atoms with Gasteiger partial charge in [0, 0.05) is 42.3 Å². The number of rotatable bonds is 5. The number of aromatic nitrogens is 2. The van der Waals surface area contributed by atoms with Crippen LogP contribution in [0.4, 0.5) is 0 Å². The van der Waals surface area contributed by atoms with Gasteiger partial charge in [-0.25, -0.2) is 4.98 Å². The molecule has 0 radical (unpaired) electrons. The zero-order valence-corrected chi connectivity index (χ0v) is 17.4. The number of imidazole rings is 1. The molecular formula is C19H26N6S2. The Bertz CT molecular complexity index is 853. The second-order valence-corrected chi connectivity index (χ2v) is 8.83. The molecule has 0 bridgehead atoms. The number of thiazole rings is 1. The summed E-state index contributed by atoms with van der Waals surface area (Å²) in [5.41, 5.74) is 1.03. The predicted octanol–water partition coefficient (Wildman–Crippen LogP) is 3.21. The van der Waals surface area contributed by atoms with Crippen molar-refractivity contribution in [1.29, 1.82) is 0 Å². The van der Waals surface area contributed by atoms with Crippen LogP contribution in [0.5, 0.6) is 0 Å². The van der Waals surface area contributed by atoms with Crippen LogP contribution in [-0.4, -0.2) is 47.4 Å². The normalized spacial score (nSPS) is 21.6. The highest BCUT2D eigenvalue weighted by molar-refractivity contribution is 7.15. The lowest BCUT2D eigenvalue weighted by atomic mass is 9.88. The number of fused-ring (bicyclic) bond motifs is 1. The fraction of sp³-hybridized carbons (Fsp3) is 0.474. The Balaban J connectivity index is 1.34. The lowest BCUT2D eigenvalue weighted by Gasteiger charge is -2.39. The summed E-state index contributed by atoms with van der Waals surface area (Å²) in [5, 5.41) is 11.2. The maximum absolute atomic E-state index is 4.62. The predicted molar refractivity (Wildman–Crippen MR) is 114 cm³/mol. The summed E-state index contributed by atoms with van der Waals surface area (Å²) in [4.78, 5) is 14.0. The molecule has 3 aromatic rings. The van der Waals surface area contributed by atoms with E-state index >= 15 is 0 Å². The summed E-state index contributed by atoms with van der Waals surface area (Å²) in [7, 11) is 4.07. The van der Waals surface area contributed by atoms with Crippen molar-refractivity contribution in [3.8, 4) is 0 Å². The Hall–Kier alpha value is -1.90. The highest BCUT2D eigenvalue weighted by atomic mass is 32.1. The summed E-state index contributed by atoms with van der Waals surface area (Å²) in [6.45, 7) is 2.77. The van der Waals surface area contributed by atoms with E-state index in [1.54, 1.807) is 11.3 Å². The first-order chi connectivity index (χ1) is 13.2. The lowest BCUT2D eigenvalue weighted by Crippen LogP contribution is -2.44. The standard InChI is InChI=1S/C19H26N6S2/c1-20-18(22-12-15-13-25-8-10-27-19(25)23-15)21-11-14-5-3-7-24(2)17(14)16-6-4-9-26-16/h4,6,8-10,13-14,17H,3,5,7,11-12H2,1-2H3,(H2,20,21,22). The molecule has 1 saturated heterocycles. The molecule has 1 aliphatic rings. The third-order valence-corrected chi connectivity index (χ3v) is 6.89. The molecule has 4 rings (SSSR count). The Morgan fingerprint density at radius 3 is 3.04 bits per heavy atom. The Morgan fingerprint density at radius 2 is 2.26 bits per heavy atom. The van der Waals surface area contributed by atoms with Gasteiger partial charge in [-0.2, -0.15) is 0 Å². The number of hydrogen-bond acceptors (Lipinski definition) is 5. The maximum atomic E-state index is 4.62. The number of aliphatic imine (C=N–C) groups is 1. The van der Waals surface area contributed by atoms with Crippen molar-refractivity contribution in [2.75, 3.05) is 27.2 Å². The molecule has 2 unspecified atom stereocenters. The van der Waals surface area contributed by atoms with Crippen LogP contribution in [0.15, 0.2) is 40.3 Å². The van der Waals surface area contributed by atoms with E-state index in [0.717, 1.165) is 23.2 Å². The van der Waals surface area contributed by atoms with Crippen molar-refractivity contribution in [2.45, 2.75) is 25.4 Å². The number of hydrogen-bond donors (Lipinski definition) is 2. The molecule has 144 valence electrons. The van der Waals surface area contributed by atoms with Crippen LogP contribution in [-0.2, 0) is 6.54 Å². The van der Waals surface area contributed by atoms with E-state index in [1.807, 2.05) is 30.0 Å². The van der Waals surface area contributed by atoms with Crippen LogP contribution >= 0.6 is 22.7 Å². The molecule has 1 fully saturated rings. The molecule has 0 aromatic carbocycles. The molecule has 0 aliphatic carbocycles. The Morgan fingerprint density at radius 1 is 1.33 bits per heavy atom. The molecule has 0 amide bonds. The number of guanidine groups is 1. The summed E-state index contributed by atoms with van der Waals surface area (Å²) < 4.78 is 2.06. The summed E-state index contributed by atoms with van der Waals surface area (Å²) >= 11 is 3.51. The number of piperidine rings is 1. The highest BCUT2D eigenvalue weighted by Gasteiger charge is 2.31. The van der Waals surface area contributed by atoms with Gasteiger partial charge in [-0.3, -0.25) is 14.3 Å². The van der Waals surface area contributed by atoms with Crippen LogP contribution in [0.2, 0.25) is 0 Å². The minimum absolute atomic E-state index is 0.490. The van der Waals surface area contributed by atoms with Crippen molar-refractivity contribution in [2.24, 2.45) is 10.9 Å². The van der Waals surface area contributed by atoms with E-state index < -0.39 is 0 Å². The Labute approximate surface area is 168 Å². The molecule has 8 heteroatoms. The van der Waals surface area contributed by atoms with Gasteiger partial charge in [0.1, 0.15) is 0 Å².